The summed E-state index contributed by atoms with van der Waals surface area (Å²) in [5.74, 6) is 1.28. The van der Waals surface area contributed by atoms with Crippen LogP contribution in [0.1, 0.15) is 40.3 Å². The molecule has 5 aromatic carbocycles. The fourth-order valence-corrected chi connectivity index (χ4v) is 8.70. The van der Waals surface area contributed by atoms with E-state index in [4.69, 9.17) is 26.1 Å². The number of hydrogen-bond donors (Lipinski definition) is 0. The second kappa shape index (κ2) is 12.4. The predicted molar refractivity (Wildman–Crippen MR) is 198 cm³/mol. The third-order valence-electron chi connectivity index (χ3n) is 8.87. The summed E-state index contributed by atoms with van der Waals surface area (Å²) in [6, 6.07) is 34.4. The largest absolute Gasteiger partial charge is 0.493 e. The molecule has 2 heterocycles. The number of nitrogens with zero attached hydrogens (tertiary/aromatic N) is 2. The Hall–Kier alpha value is -4.18. The normalized spacial score (nSPS) is 15.6. The van der Waals surface area contributed by atoms with Crippen molar-refractivity contribution >= 4 is 68.1 Å². The SMILES string of the molecule is COc1cc(/C=c2\sc3n(c2=O)[C@@H](c2ccccc2Cl)C2=C(N=3)c3ccccc3CC2)cc(I)c1OCc1cccc2ccccc12. The summed E-state index contributed by atoms with van der Waals surface area (Å²) in [6.07, 6.45) is 3.62. The van der Waals surface area contributed by atoms with E-state index < -0.39 is 0 Å². The van der Waals surface area contributed by atoms with Gasteiger partial charge in [-0.2, -0.15) is 0 Å². The van der Waals surface area contributed by atoms with Crippen LogP contribution in [0.15, 0.2) is 118 Å². The van der Waals surface area contributed by atoms with Gasteiger partial charge in [-0.15, -0.1) is 0 Å². The molecule has 0 saturated carbocycles. The first-order chi connectivity index (χ1) is 23.0. The van der Waals surface area contributed by atoms with Gasteiger partial charge in [0.1, 0.15) is 6.61 Å². The summed E-state index contributed by atoms with van der Waals surface area (Å²) in [5.41, 5.74) is 7.25. The van der Waals surface area contributed by atoms with Gasteiger partial charge in [-0.1, -0.05) is 108 Å². The van der Waals surface area contributed by atoms with Crippen LogP contribution < -0.4 is 24.4 Å². The zero-order valence-electron chi connectivity index (χ0n) is 25.4. The summed E-state index contributed by atoms with van der Waals surface area (Å²) in [6.45, 7) is 0.404. The fraction of sp³-hybridized carbons (Fsp3) is 0.128. The van der Waals surface area contributed by atoms with E-state index in [0.717, 1.165) is 55.3 Å². The third-order valence-corrected chi connectivity index (χ3v) is 11.0. The summed E-state index contributed by atoms with van der Waals surface area (Å²) in [7, 11) is 1.64. The monoisotopic (exact) mass is 766 g/mol. The molecule has 1 aliphatic heterocycles. The van der Waals surface area contributed by atoms with E-state index in [1.807, 2.05) is 65.2 Å². The minimum atomic E-state index is -0.329. The van der Waals surface area contributed by atoms with E-state index in [1.54, 1.807) is 7.11 Å². The predicted octanol–water partition coefficient (Wildman–Crippen LogP) is 8.32. The molecule has 5 nitrogen and oxygen atoms in total. The highest BCUT2D eigenvalue weighted by molar-refractivity contribution is 14.1. The second-order valence-corrected chi connectivity index (χ2v) is 14.2. The van der Waals surface area contributed by atoms with Crippen LogP contribution in [0, 0.1) is 3.57 Å². The lowest BCUT2D eigenvalue weighted by atomic mass is 9.83. The number of rotatable bonds is 6. The van der Waals surface area contributed by atoms with Crippen LogP contribution in [-0.2, 0) is 13.0 Å². The zero-order valence-corrected chi connectivity index (χ0v) is 29.1. The van der Waals surface area contributed by atoms with Gasteiger partial charge in [0, 0.05) is 10.6 Å². The molecular weight excluding hydrogens is 739 g/mol. The fourth-order valence-electron chi connectivity index (χ4n) is 6.68. The highest BCUT2D eigenvalue weighted by atomic mass is 127. The minimum Gasteiger partial charge on any atom is -0.493 e. The smallest absolute Gasteiger partial charge is 0.271 e. The van der Waals surface area contributed by atoms with E-state index in [2.05, 4.69) is 71.1 Å². The van der Waals surface area contributed by atoms with E-state index in [-0.39, 0.29) is 11.6 Å². The zero-order chi connectivity index (χ0) is 32.1. The van der Waals surface area contributed by atoms with Crippen molar-refractivity contribution in [2.75, 3.05) is 7.11 Å². The molecule has 0 bridgehead atoms. The number of aromatic nitrogens is 1. The Labute approximate surface area is 294 Å². The summed E-state index contributed by atoms with van der Waals surface area (Å²) >= 11 is 10.5. The lowest BCUT2D eigenvalue weighted by molar-refractivity contribution is 0.283. The second-order valence-electron chi connectivity index (χ2n) is 11.6. The van der Waals surface area contributed by atoms with E-state index >= 15 is 0 Å². The first-order valence-corrected chi connectivity index (χ1v) is 17.6. The van der Waals surface area contributed by atoms with E-state index in [1.165, 1.54) is 22.3 Å². The average Bonchev–Trinajstić information content (AvgIpc) is 3.40. The number of halogens is 2. The van der Waals surface area contributed by atoms with Gasteiger partial charge in [-0.3, -0.25) is 9.36 Å². The Balaban J connectivity index is 1.21. The maximum absolute atomic E-state index is 14.3. The maximum Gasteiger partial charge on any atom is 0.271 e. The highest BCUT2D eigenvalue weighted by Crippen LogP contribution is 2.43. The molecule has 8 heteroatoms. The van der Waals surface area contributed by atoms with Gasteiger partial charge in [0.15, 0.2) is 16.3 Å². The van der Waals surface area contributed by atoms with Crippen LogP contribution in [-0.4, -0.2) is 11.7 Å². The topological polar surface area (TPSA) is 52.8 Å². The molecule has 1 aromatic heterocycles. The number of methoxy groups -OCH3 is 1. The molecule has 2 aliphatic rings. The Morgan fingerprint density at radius 2 is 1.77 bits per heavy atom. The van der Waals surface area contributed by atoms with Gasteiger partial charge in [-0.25, -0.2) is 4.99 Å². The maximum atomic E-state index is 14.3. The van der Waals surface area contributed by atoms with Gasteiger partial charge in [0.05, 0.1) is 27.0 Å². The minimum absolute atomic E-state index is 0.0886. The molecule has 0 spiro atoms. The van der Waals surface area contributed by atoms with Gasteiger partial charge in [0.2, 0.25) is 0 Å². The molecule has 1 aliphatic carbocycles. The molecule has 0 amide bonds. The number of benzene rings is 5. The molecular formula is C39H28ClIN2O3S. The highest BCUT2D eigenvalue weighted by Gasteiger charge is 2.33. The number of aryl methyl sites for hydroxylation is 1. The number of hydrogen-bond acceptors (Lipinski definition) is 5. The van der Waals surface area contributed by atoms with Crippen molar-refractivity contribution in [3.8, 4) is 11.5 Å². The lowest BCUT2D eigenvalue weighted by Gasteiger charge is -2.31. The standard InChI is InChI=1S/C39H28ClIN2O3S/c1-45-33-20-23(19-32(41)37(33)46-22-26-12-8-11-24-9-2-4-13-27(24)26)21-34-38(44)43-36(29-15-6-7-16-31(29)40)30-18-17-25-10-3-5-14-28(25)35(30)42-39(43)47-34/h2-16,19-21,36H,17-18,22H2,1H3/b34-21-/t36-/m0/s1. The Morgan fingerprint density at radius 3 is 2.64 bits per heavy atom. The molecule has 6 aromatic rings. The van der Waals surface area contributed by atoms with Gasteiger partial charge >= 0.3 is 0 Å². The first-order valence-electron chi connectivity index (χ1n) is 15.3. The van der Waals surface area contributed by atoms with Crippen LogP contribution >= 0.6 is 45.5 Å². The average molecular weight is 767 g/mol. The van der Waals surface area contributed by atoms with E-state index in [9.17, 15) is 4.79 Å². The Bertz CT molecular complexity index is 2420. The summed E-state index contributed by atoms with van der Waals surface area (Å²) in [4.78, 5) is 20.1. The molecule has 0 unspecified atom stereocenters. The number of fused-ring (bicyclic) bond motifs is 4. The van der Waals surface area contributed by atoms with Crippen LogP contribution in [0.25, 0.3) is 22.5 Å². The molecule has 232 valence electrons. The van der Waals surface area contributed by atoms with Crippen molar-refractivity contribution < 1.29 is 9.47 Å². The first kappa shape index (κ1) is 30.2. The van der Waals surface area contributed by atoms with Crippen molar-refractivity contribution in [1.29, 1.82) is 0 Å². The van der Waals surface area contributed by atoms with Crippen molar-refractivity contribution in [2.24, 2.45) is 4.99 Å². The van der Waals surface area contributed by atoms with Crippen LogP contribution in [0.5, 0.6) is 11.5 Å². The molecule has 47 heavy (non-hydrogen) atoms. The van der Waals surface area contributed by atoms with Crippen LogP contribution in [0.2, 0.25) is 5.02 Å². The van der Waals surface area contributed by atoms with Gasteiger partial charge in [0.25, 0.3) is 5.56 Å². The lowest BCUT2D eigenvalue weighted by Crippen LogP contribution is -2.38. The quantitative estimate of drug-likeness (QED) is 0.160. The van der Waals surface area contributed by atoms with Gasteiger partial charge < -0.3 is 9.47 Å². The summed E-state index contributed by atoms with van der Waals surface area (Å²) in [5, 5.41) is 2.98. The molecule has 0 N–H and O–H groups in total. The van der Waals surface area contributed by atoms with Gasteiger partial charge in [-0.05, 0) is 98.3 Å². The van der Waals surface area contributed by atoms with Crippen molar-refractivity contribution in [1.82, 2.24) is 4.57 Å². The summed E-state index contributed by atoms with van der Waals surface area (Å²) < 4.78 is 15.5. The molecule has 0 saturated heterocycles. The number of ether oxygens (including phenoxy) is 2. The number of allylic oxidation sites excluding steroid dienone is 1. The van der Waals surface area contributed by atoms with Crippen molar-refractivity contribution in [3.63, 3.8) is 0 Å². The van der Waals surface area contributed by atoms with Crippen LogP contribution in [0.4, 0.5) is 0 Å². The number of thiazole rings is 1. The van der Waals surface area contributed by atoms with E-state index in [0.29, 0.717) is 32.5 Å². The van der Waals surface area contributed by atoms with Crippen LogP contribution in [0.3, 0.4) is 0 Å². The molecule has 1 atom stereocenters. The molecule has 0 radical (unpaired) electrons. The van der Waals surface area contributed by atoms with Crippen molar-refractivity contribution in [3.05, 3.63) is 165 Å². The van der Waals surface area contributed by atoms with Crippen molar-refractivity contribution in [2.45, 2.75) is 25.5 Å². The Kier molecular flexibility index (Phi) is 7.99. The third kappa shape index (κ3) is 5.40. The molecule has 0 fully saturated rings. The Morgan fingerprint density at radius 1 is 0.979 bits per heavy atom. The molecule has 8 rings (SSSR count).